The highest BCUT2D eigenvalue weighted by atomic mass is 16.2. The zero-order chi connectivity index (χ0) is 12.0. The summed E-state index contributed by atoms with van der Waals surface area (Å²) < 4.78 is 0. The van der Waals surface area contributed by atoms with E-state index in [1.807, 2.05) is 0 Å². The Hall–Kier alpha value is -0.570. The molecule has 3 heteroatoms. The minimum atomic E-state index is 0.328. The summed E-state index contributed by atoms with van der Waals surface area (Å²) in [5, 5.41) is 0. The predicted octanol–water partition coefficient (Wildman–Crippen LogP) is 2.15. The highest BCUT2D eigenvalue weighted by molar-refractivity contribution is 5.76. The Morgan fingerprint density at radius 1 is 1.44 bits per heavy atom. The molecule has 1 rings (SSSR count). The zero-order valence-electron chi connectivity index (χ0n) is 10.7. The lowest BCUT2D eigenvalue weighted by atomic mass is 10.0. The average molecular weight is 226 g/mol. The maximum absolute atomic E-state index is 12.1. The van der Waals surface area contributed by atoms with Crippen LogP contribution in [0.15, 0.2) is 0 Å². The lowest BCUT2D eigenvalue weighted by molar-refractivity contribution is -0.133. The van der Waals surface area contributed by atoms with E-state index in [2.05, 4.69) is 18.7 Å². The van der Waals surface area contributed by atoms with Gasteiger partial charge in [-0.1, -0.05) is 19.8 Å². The van der Waals surface area contributed by atoms with Crippen LogP contribution in [0.25, 0.3) is 0 Å². The quantitative estimate of drug-likeness (QED) is 0.754. The van der Waals surface area contributed by atoms with Gasteiger partial charge in [0.15, 0.2) is 0 Å². The summed E-state index contributed by atoms with van der Waals surface area (Å²) in [6.07, 6.45) is 6.57. The Kier molecular flexibility index (Phi) is 5.81. The van der Waals surface area contributed by atoms with Gasteiger partial charge in [0.1, 0.15) is 0 Å². The van der Waals surface area contributed by atoms with Gasteiger partial charge in [-0.05, 0) is 38.6 Å². The van der Waals surface area contributed by atoms with E-state index in [9.17, 15) is 4.79 Å². The molecular weight excluding hydrogens is 200 g/mol. The minimum absolute atomic E-state index is 0.328. The molecule has 0 spiro atoms. The van der Waals surface area contributed by atoms with Crippen molar-refractivity contribution in [2.24, 2.45) is 11.7 Å². The maximum atomic E-state index is 12.1. The van der Waals surface area contributed by atoms with Gasteiger partial charge in [0.05, 0.1) is 0 Å². The van der Waals surface area contributed by atoms with Crippen molar-refractivity contribution in [1.82, 2.24) is 4.90 Å². The number of nitrogens with two attached hydrogens (primary N) is 1. The number of hydrogen-bond donors (Lipinski definition) is 1. The molecule has 1 aliphatic rings. The molecule has 1 amide bonds. The Morgan fingerprint density at radius 3 is 2.56 bits per heavy atom. The molecule has 1 atom stereocenters. The summed E-state index contributed by atoms with van der Waals surface area (Å²) in [5.41, 5.74) is 5.56. The molecule has 0 saturated heterocycles. The number of rotatable bonds is 6. The third-order valence-electron chi connectivity index (χ3n) is 3.68. The molecule has 1 fully saturated rings. The molecule has 0 aromatic heterocycles. The molecule has 0 heterocycles. The Morgan fingerprint density at radius 2 is 2.06 bits per heavy atom. The Bertz CT molecular complexity index is 212. The van der Waals surface area contributed by atoms with Gasteiger partial charge >= 0.3 is 0 Å². The van der Waals surface area contributed by atoms with Gasteiger partial charge in [0.2, 0.25) is 5.91 Å². The summed E-state index contributed by atoms with van der Waals surface area (Å²) in [5.74, 6) is 0.793. The lowest BCUT2D eigenvalue weighted by Crippen LogP contribution is -2.38. The second-order valence-corrected chi connectivity index (χ2v) is 5.00. The van der Waals surface area contributed by atoms with E-state index < -0.39 is 0 Å². The molecule has 16 heavy (non-hydrogen) atoms. The Balaban J connectivity index is 2.36. The molecule has 1 saturated carbocycles. The molecule has 0 aliphatic heterocycles. The van der Waals surface area contributed by atoms with E-state index in [1.54, 1.807) is 0 Å². The fourth-order valence-corrected chi connectivity index (χ4v) is 2.49. The number of nitrogens with zero attached hydrogens (tertiary/aromatic N) is 1. The average Bonchev–Trinajstić information content (AvgIpc) is 2.80. The summed E-state index contributed by atoms with van der Waals surface area (Å²) >= 11 is 0. The van der Waals surface area contributed by atoms with Crippen LogP contribution in [0, 0.1) is 5.92 Å². The second-order valence-electron chi connectivity index (χ2n) is 5.00. The van der Waals surface area contributed by atoms with Crippen LogP contribution in [0.2, 0.25) is 0 Å². The van der Waals surface area contributed by atoms with E-state index in [0.29, 0.717) is 30.8 Å². The van der Waals surface area contributed by atoms with Crippen molar-refractivity contribution in [2.75, 3.05) is 13.1 Å². The van der Waals surface area contributed by atoms with Crippen LogP contribution in [0.5, 0.6) is 0 Å². The van der Waals surface area contributed by atoms with Gasteiger partial charge in [0.25, 0.3) is 0 Å². The largest absolute Gasteiger partial charge is 0.340 e. The van der Waals surface area contributed by atoms with Crippen molar-refractivity contribution in [3.63, 3.8) is 0 Å². The smallest absolute Gasteiger partial charge is 0.222 e. The fraction of sp³-hybridized carbons (Fsp3) is 0.923. The third-order valence-corrected chi connectivity index (χ3v) is 3.68. The van der Waals surface area contributed by atoms with Crippen molar-refractivity contribution >= 4 is 5.91 Å². The fourth-order valence-electron chi connectivity index (χ4n) is 2.49. The number of hydrogen-bond acceptors (Lipinski definition) is 2. The van der Waals surface area contributed by atoms with Gasteiger partial charge in [-0.3, -0.25) is 4.79 Å². The van der Waals surface area contributed by atoms with Crippen molar-refractivity contribution in [2.45, 2.75) is 58.4 Å². The maximum Gasteiger partial charge on any atom is 0.222 e. The number of carbonyl (C=O) groups is 1. The van der Waals surface area contributed by atoms with Crippen LogP contribution in [-0.2, 0) is 4.79 Å². The highest BCUT2D eigenvalue weighted by Gasteiger charge is 2.24. The van der Waals surface area contributed by atoms with Crippen LogP contribution < -0.4 is 5.73 Å². The van der Waals surface area contributed by atoms with E-state index in [1.165, 1.54) is 25.7 Å². The first-order chi connectivity index (χ1) is 7.69. The van der Waals surface area contributed by atoms with Crippen LogP contribution in [-0.4, -0.2) is 29.9 Å². The third kappa shape index (κ3) is 3.78. The van der Waals surface area contributed by atoms with Crippen LogP contribution >= 0.6 is 0 Å². The van der Waals surface area contributed by atoms with Crippen molar-refractivity contribution in [3.8, 4) is 0 Å². The van der Waals surface area contributed by atoms with Crippen LogP contribution in [0.1, 0.15) is 52.4 Å². The number of carbonyl (C=O) groups excluding carboxylic acids is 1. The number of amides is 1. The molecule has 0 radical (unpaired) electrons. The summed E-state index contributed by atoms with van der Waals surface area (Å²) in [4.78, 5) is 14.1. The van der Waals surface area contributed by atoms with Crippen LogP contribution in [0.4, 0.5) is 0 Å². The molecule has 2 N–H and O–H groups in total. The first-order valence-corrected chi connectivity index (χ1v) is 6.68. The van der Waals surface area contributed by atoms with Gasteiger partial charge in [0, 0.05) is 19.0 Å². The van der Waals surface area contributed by atoms with E-state index in [-0.39, 0.29) is 0 Å². The van der Waals surface area contributed by atoms with Crippen molar-refractivity contribution in [1.29, 1.82) is 0 Å². The predicted molar refractivity (Wildman–Crippen MR) is 67.1 cm³/mol. The van der Waals surface area contributed by atoms with E-state index in [4.69, 9.17) is 5.73 Å². The van der Waals surface area contributed by atoms with E-state index >= 15 is 0 Å². The molecule has 0 bridgehead atoms. The van der Waals surface area contributed by atoms with Gasteiger partial charge in [-0.2, -0.15) is 0 Å². The standard InChI is InChI=1S/C13H26N2O/c1-3-15(12-6-4-5-7-12)13(16)9-8-11(2)10-14/h11-12H,3-10,14H2,1-2H3. The molecule has 0 aromatic rings. The van der Waals surface area contributed by atoms with Gasteiger partial charge < -0.3 is 10.6 Å². The van der Waals surface area contributed by atoms with Crippen molar-refractivity contribution < 1.29 is 4.79 Å². The SMILES string of the molecule is CCN(C(=O)CCC(C)CN)C1CCCC1. The van der Waals surface area contributed by atoms with Crippen LogP contribution in [0.3, 0.4) is 0 Å². The monoisotopic (exact) mass is 226 g/mol. The first kappa shape index (κ1) is 13.5. The lowest BCUT2D eigenvalue weighted by Gasteiger charge is -2.28. The summed E-state index contributed by atoms with van der Waals surface area (Å²) in [7, 11) is 0. The summed E-state index contributed by atoms with van der Waals surface area (Å²) in [6.45, 7) is 5.74. The highest BCUT2D eigenvalue weighted by Crippen LogP contribution is 2.24. The first-order valence-electron chi connectivity index (χ1n) is 6.68. The normalized spacial score (nSPS) is 18.7. The molecule has 94 valence electrons. The topological polar surface area (TPSA) is 46.3 Å². The van der Waals surface area contributed by atoms with Gasteiger partial charge in [-0.15, -0.1) is 0 Å². The Labute approximate surface area is 99.4 Å². The molecular formula is C13H26N2O. The molecule has 3 nitrogen and oxygen atoms in total. The molecule has 1 unspecified atom stereocenters. The molecule has 0 aromatic carbocycles. The minimum Gasteiger partial charge on any atom is -0.340 e. The molecule has 1 aliphatic carbocycles. The van der Waals surface area contributed by atoms with Crippen molar-refractivity contribution in [3.05, 3.63) is 0 Å². The van der Waals surface area contributed by atoms with Gasteiger partial charge in [-0.25, -0.2) is 0 Å². The second kappa shape index (κ2) is 6.89. The van der Waals surface area contributed by atoms with E-state index in [0.717, 1.165) is 13.0 Å². The summed E-state index contributed by atoms with van der Waals surface area (Å²) in [6, 6.07) is 0.519. The zero-order valence-corrected chi connectivity index (χ0v) is 10.7.